The van der Waals surface area contributed by atoms with Crippen LogP contribution in [0, 0.1) is 0 Å². The second kappa shape index (κ2) is 6.02. The van der Waals surface area contributed by atoms with Crippen molar-refractivity contribution in [1.82, 2.24) is 5.32 Å². The van der Waals surface area contributed by atoms with Gasteiger partial charge in [0.1, 0.15) is 0 Å². The van der Waals surface area contributed by atoms with Crippen molar-refractivity contribution in [2.24, 2.45) is 0 Å². The van der Waals surface area contributed by atoms with Gasteiger partial charge in [0.2, 0.25) is 5.91 Å². The predicted molar refractivity (Wildman–Crippen MR) is 71.3 cm³/mol. The third-order valence-corrected chi connectivity index (χ3v) is 3.78. The monoisotopic (exact) mass is 257 g/mol. The van der Waals surface area contributed by atoms with E-state index in [1.54, 1.807) is 7.11 Å². The van der Waals surface area contributed by atoms with Crippen LogP contribution in [0.2, 0.25) is 0 Å². The van der Waals surface area contributed by atoms with Gasteiger partial charge >= 0.3 is 0 Å². The molecule has 0 aliphatic heterocycles. The van der Waals surface area contributed by atoms with Crippen LogP contribution in [0.25, 0.3) is 0 Å². The fourth-order valence-electron chi connectivity index (χ4n) is 2.71. The van der Waals surface area contributed by atoms with E-state index in [1.807, 2.05) is 20.8 Å². The summed E-state index contributed by atoms with van der Waals surface area (Å²) in [6.45, 7) is 5.97. The fourth-order valence-corrected chi connectivity index (χ4v) is 2.71. The van der Waals surface area contributed by atoms with Crippen LogP contribution >= 0.6 is 0 Å². The molecule has 18 heavy (non-hydrogen) atoms. The molecule has 1 rings (SSSR count). The first-order chi connectivity index (χ1) is 8.26. The molecule has 2 N–H and O–H groups in total. The molecule has 1 amide bonds. The molecule has 1 aliphatic carbocycles. The Kier molecular flexibility index (Phi) is 5.17. The average Bonchev–Trinajstić information content (AvgIpc) is 2.63. The molecule has 4 nitrogen and oxygen atoms in total. The quantitative estimate of drug-likeness (QED) is 0.765. The number of nitrogens with one attached hydrogen (secondary N) is 1. The van der Waals surface area contributed by atoms with Crippen molar-refractivity contribution < 1.29 is 14.6 Å². The summed E-state index contributed by atoms with van der Waals surface area (Å²) in [4.78, 5) is 11.9. The van der Waals surface area contributed by atoms with Crippen LogP contribution in [0.3, 0.4) is 0 Å². The number of carbonyl (C=O) groups excluding carboxylic acids is 1. The van der Waals surface area contributed by atoms with Gasteiger partial charge in [0.05, 0.1) is 17.6 Å². The molecule has 0 aromatic carbocycles. The van der Waals surface area contributed by atoms with Gasteiger partial charge in [-0.3, -0.25) is 4.79 Å². The molecule has 1 aliphatic rings. The number of ether oxygens (including phenoxy) is 1. The highest BCUT2D eigenvalue weighted by Gasteiger charge is 2.33. The van der Waals surface area contributed by atoms with E-state index in [1.165, 1.54) is 0 Å². The lowest BCUT2D eigenvalue weighted by Gasteiger charge is -2.28. The van der Waals surface area contributed by atoms with Gasteiger partial charge in [-0.05, 0) is 40.0 Å². The minimum Gasteiger partial charge on any atom is -0.389 e. The van der Waals surface area contributed by atoms with Gasteiger partial charge in [-0.15, -0.1) is 0 Å². The van der Waals surface area contributed by atoms with Gasteiger partial charge in [-0.25, -0.2) is 0 Å². The van der Waals surface area contributed by atoms with Gasteiger partial charge in [-0.2, -0.15) is 0 Å². The van der Waals surface area contributed by atoms with Gasteiger partial charge in [0.15, 0.2) is 0 Å². The summed E-state index contributed by atoms with van der Waals surface area (Å²) >= 11 is 0. The van der Waals surface area contributed by atoms with Gasteiger partial charge in [0.25, 0.3) is 0 Å². The van der Waals surface area contributed by atoms with Crippen molar-refractivity contribution in [3.05, 3.63) is 0 Å². The number of amides is 1. The lowest BCUT2D eigenvalue weighted by Crippen LogP contribution is -2.42. The van der Waals surface area contributed by atoms with Gasteiger partial charge in [0, 0.05) is 13.2 Å². The van der Waals surface area contributed by atoms with Crippen LogP contribution in [0.1, 0.15) is 59.3 Å². The van der Waals surface area contributed by atoms with Crippen LogP contribution in [0.15, 0.2) is 0 Å². The standard InChI is InChI=1S/C14H27NO3/c1-11(9-13(2,3)18-4)15-12(16)10-14(17)7-5-6-8-14/h11,17H,5-10H2,1-4H3,(H,15,16). The molecular formula is C14H27NO3. The van der Waals surface area contributed by atoms with Crippen molar-refractivity contribution in [3.63, 3.8) is 0 Å². The zero-order valence-electron chi connectivity index (χ0n) is 12.1. The molecular weight excluding hydrogens is 230 g/mol. The van der Waals surface area contributed by atoms with Crippen LogP contribution in [0.5, 0.6) is 0 Å². The van der Waals surface area contributed by atoms with Crippen LogP contribution in [-0.2, 0) is 9.53 Å². The van der Waals surface area contributed by atoms with E-state index in [9.17, 15) is 9.90 Å². The van der Waals surface area contributed by atoms with E-state index >= 15 is 0 Å². The Morgan fingerprint density at radius 2 is 2.00 bits per heavy atom. The van der Waals surface area contributed by atoms with E-state index in [-0.39, 0.29) is 24.0 Å². The molecule has 0 heterocycles. The van der Waals surface area contributed by atoms with E-state index in [2.05, 4.69) is 5.32 Å². The van der Waals surface area contributed by atoms with E-state index < -0.39 is 5.60 Å². The maximum atomic E-state index is 11.9. The normalized spacial score (nSPS) is 20.7. The summed E-state index contributed by atoms with van der Waals surface area (Å²) in [6.07, 6.45) is 4.53. The van der Waals surface area contributed by atoms with Gasteiger partial charge < -0.3 is 15.2 Å². The number of methoxy groups -OCH3 is 1. The number of hydrogen-bond acceptors (Lipinski definition) is 3. The minimum atomic E-state index is -0.763. The molecule has 106 valence electrons. The first-order valence-corrected chi connectivity index (χ1v) is 6.83. The van der Waals surface area contributed by atoms with Crippen molar-refractivity contribution >= 4 is 5.91 Å². The molecule has 1 unspecified atom stereocenters. The predicted octanol–water partition coefficient (Wildman–Crippen LogP) is 2.00. The smallest absolute Gasteiger partial charge is 0.223 e. The summed E-state index contributed by atoms with van der Waals surface area (Å²) < 4.78 is 5.34. The Balaban J connectivity index is 2.35. The Labute approximate surface area is 110 Å². The maximum absolute atomic E-state index is 11.9. The third-order valence-electron chi connectivity index (χ3n) is 3.78. The topological polar surface area (TPSA) is 58.6 Å². The van der Waals surface area contributed by atoms with Crippen LogP contribution in [-0.4, -0.2) is 35.4 Å². The van der Waals surface area contributed by atoms with E-state index in [0.29, 0.717) is 0 Å². The number of carbonyl (C=O) groups is 1. The molecule has 1 saturated carbocycles. The molecule has 0 radical (unpaired) electrons. The van der Waals surface area contributed by atoms with Crippen molar-refractivity contribution in [2.75, 3.05) is 7.11 Å². The molecule has 1 atom stereocenters. The molecule has 0 aromatic heterocycles. The first kappa shape index (κ1) is 15.4. The number of aliphatic hydroxyl groups is 1. The highest BCUT2D eigenvalue weighted by Crippen LogP contribution is 2.32. The van der Waals surface area contributed by atoms with Gasteiger partial charge in [-0.1, -0.05) is 12.8 Å². The summed E-state index contributed by atoms with van der Waals surface area (Å²) in [5.41, 5.74) is -1.00. The van der Waals surface area contributed by atoms with E-state index in [0.717, 1.165) is 32.1 Å². The summed E-state index contributed by atoms with van der Waals surface area (Å²) in [5.74, 6) is -0.0567. The third kappa shape index (κ3) is 4.94. The molecule has 1 fully saturated rings. The second-order valence-corrected chi connectivity index (χ2v) is 6.24. The number of hydrogen-bond donors (Lipinski definition) is 2. The summed E-state index contributed by atoms with van der Waals surface area (Å²) in [5, 5.41) is 13.1. The average molecular weight is 257 g/mol. The Hall–Kier alpha value is -0.610. The zero-order valence-corrected chi connectivity index (χ0v) is 12.1. The molecule has 0 bridgehead atoms. The zero-order chi connectivity index (χ0) is 13.8. The SMILES string of the molecule is COC(C)(C)CC(C)NC(=O)CC1(O)CCCC1. The lowest BCUT2D eigenvalue weighted by atomic mass is 9.96. The van der Waals surface area contributed by atoms with E-state index in [4.69, 9.17) is 4.74 Å². The Bertz CT molecular complexity index is 283. The summed E-state index contributed by atoms with van der Waals surface area (Å²) in [7, 11) is 1.68. The Morgan fingerprint density at radius 1 is 1.44 bits per heavy atom. The maximum Gasteiger partial charge on any atom is 0.223 e. The van der Waals surface area contributed by atoms with Crippen molar-refractivity contribution in [1.29, 1.82) is 0 Å². The van der Waals surface area contributed by atoms with Crippen molar-refractivity contribution in [2.45, 2.75) is 76.5 Å². The largest absolute Gasteiger partial charge is 0.389 e. The fraction of sp³-hybridized carbons (Fsp3) is 0.929. The highest BCUT2D eigenvalue weighted by atomic mass is 16.5. The second-order valence-electron chi connectivity index (χ2n) is 6.24. The Morgan fingerprint density at radius 3 is 2.50 bits per heavy atom. The molecule has 0 aromatic rings. The van der Waals surface area contributed by atoms with Crippen molar-refractivity contribution in [3.8, 4) is 0 Å². The first-order valence-electron chi connectivity index (χ1n) is 6.83. The van der Waals surface area contributed by atoms with Crippen LogP contribution < -0.4 is 5.32 Å². The molecule has 4 heteroatoms. The lowest BCUT2D eigenvalue weighted by molar-refractivity contribution is -0.126. The summed E-state index contributed by atoms with van der Waals surface area (Å²) in [6, 6.07) is 0.0532. The highest BCUT2D eigenvalue weighted by molar-refractivity contribution is 5.77. The molecule has 0 spiro atoms. The number of rotatable bonds is 6. The van der Waals surface area contributed by atoms with Crippen LogP contribution in [0.4, 0.5) is 0 Å². The minimum absolute atomic E-state index is 0.0532. The molecule has 0 saturated heterocycles.